The molecule has 1 fully saturated rings. The molecule has 2 aromatic carbocycles. The van der Waals surface area contributed by atoms with Crippen molar-refractivity contribution < 1.29 is 13.3 Å². The van der Waals surface area contributed by atoms with Crippen molar-refractivity contribution in [1.82, 2.24) is 25.0 Å². The average molecular weight is 436 g/mol. The van der Waals surface area contributed by atoms with Crippen LogP contribution in [0.3, 0.4) is 0 Å². The van der Waals surface area contributed by atoms with Gasteiger partial charge in [-0.1, -0.05) is 47.6 Å². The van der Waals surface area contributed by atoms with Crippen LogP contribution >= 0.6 is 0 Å². The van der Waals surface area contributed by atoms with Gasteiger partial charge in [-0.3, -0.25) is 4.90 Å². The van der Waals surface area contributed by atoms with Crippen molar-refractivity contribution in [2.45, 2.75) is 19.4 Å². The molecule has 0 bridgehead atoms. The summed E-state index contributed by atoms with van der Waals surface area (Å²) >= 11 is 0. The predicted molar refractivity (Wildman–Crippen MR) is 116 cm³/mol. The minimum Gasteiger partial charge on any atom is -0.353 e. The fourth-order valence-corrected chi connectivity index (χ4v) is 4.00. The van der Waals surface area contributed by atoms with E-state index in [4.69, 9.17) is 4.52 Å². The third kappa shape index (κ3) is 3.91. The molecule has 3 heterocycles. The number of hydrogen-bond donors (Lipinski definition) is 0. The molecule has 4 aromatic rings. The van der Waals surface area contributed by atoms with Gasteiger partial charge in [-0.15, -0.1) is 0 Å². The molecule has 7 nitrogen and oxygen atoms in total. The van der Waals surface area contributed by atoms with Gasteiger partial charge < -0.3 is 9.42 Å². The third-order valence-corrected chi connectivity index (χ3v) is 5.79. The molecule has 0 spiro atoms. The molecule has 1 aliphatic rings. The summed E-state index contributed by atoms with van der Waals surface area (Å²) in [5.74, 6) is 1.25. The van der Waals surface area contributed by atoms with Crippen LogP contribution in [0.4, 0.5) is 14.6 Å². The first-order chi connectivity index (χ1) is 15.6. The summed E-state index contributed by atoms with van der Waals surface area (Å²) in [5.41, 5.74) is 1.44. The van der Waals surface area contributed by atoms with E-state index in [1.165, 1.54) is 0 Å². The van der Waals surface area contributed by atoms with Gasteiger partial charge in [0.2, 0.25) is 11.7 Å². The van der Waals surface area contributed by atoms with E-state index in [9.17, 15) is 8.78 Å². The summed E-state index contributed by atoms with van der Waals surface area (Å²) in [6, 6.07) is 16.9. The lowest BCUT2D eigenvalue weighted by molar-refractivity contribution is 0.140. The first-order valence-corrected chi connectivity index (χ1v) is 10.5. The van der Waals surface area contributed by atoms with E-state index in [1.807, 2.05) is 54.3 Å². The number of para-hydroxylation sites is 1. The smallest absolute Gasteiger partial charge is 0.297 e. The Kier molecular flexibility index (Phi) is 5.48. The van der Waals surface area contributed by atoms with Crippen molar-refractivity contribution in [1.29, 1.82) is 0 Å². The Balaban J connectivity index is 1.32. The Hall–Kier alpha value is -3.46. The van der Waals surface area contributed by atoms with E-state index in [-0.39, 0.29) is 6.04 Å². The van der Waals surface area contributed by atoms with Gasteiger partial charge in [0, 0.05) is 37.1 Å². The van der Waals surface area contributed by atoms with Gasteiger partial charge in [-0.25, -0.2) is 18.7 Å². The van der Waals surface area contributed by atoms with E-state index >= 15 is 0 Å². The van der Waals surface area contributed by atoms with E-state index in [1.54, 1.807) is 12.1 Å². The molecule has 0 aliphatic carbocycles. The molecule has 1 saturated heterocycles. The Morgan fingerprint density at radius 3 is 2.34 bits per heavy atom. The van der Waals surface area contributed by atoms with Crippen LogP contribution in [0, 0.1) is 0 Å². The second-order valence-electron chi connectivity index (χ2n) is 7.74. The summed E-state index contributed by atoms with van der Waals surface area (Å²) in [6.45, 7) is 4.76. The fourth-order valence-electron chi connectivity index (χ4n) is 4.00. The zero-order chi connectivity index (χ0) is 22.1. The van der Waals surface area contributed by atoms with Crippen molar-refractivity contribution >= 4 is 16.7 Å². The highest BCUT2D eigenvalue weighted by Gasteiger charge is 2.28. The molecular formula is C23H22F2N6O. The number of benzene rings is 2. The van der Waals surface area contributed by atoms with Gasteiger partial charge in [0.15, 0.2) is 5.82 Å². The molecule has 5 rings (SSSR count). The zero-order valence-corrected chi connectivity index (χ0v) is 17.5. The number of nitrogens with zero attached hydrogens (tertiary/aromatic N) is 6. The van der Waals surface area contributed by atoms with Crippen molar-refractivity contribution in [3.8, 4) is 11.4 Å². The van der Waals surface area contributed by atoms with E-state index in [0.29, 0.717) is 49.2 Å². The SMILES string of the molecule is CC(c1nc(-c2ccccc2)no1)N1CCN(c2nc(C(F)F)nc3ccccc23)CC1. The maximum atomic E-state index is 13.3. The molecule has 0 N–H and O–H groups in total. The molecule has 9 heteroatoms. The monoisotopic (exact) mass is 436 g/mol. The standard InChI is InChI=1S/C23H22F2N6O/c1-15(23-28-20(29-32-23)16-7-3-2-4-8-16)30-11-13-31(14-12-30)22-17-9-5-6-10-18(17)26-21(27-22)19(24)25/h2-10,15,19H,11-14H2,1H3. The number of halogens is 2. The van der Waals surface area contributed by atoms with Crippen molar-refractivity contribution in [3.63, 3.8) is 0 Å². The normalized spacial score (nSPS) is 16.1. The first kappa shape index (κ1) is 20.4. The lowest BCUT2D eigenvalue weighted by Crippen LogP contribution is -2.47. The first-order valence-electron chi connectivity index (χ1n) is 10.5. The van der Waals surface area contributed by atoms with Gasteiger partial charge in [-0.2, -0.15) is 4.98 Å². The van der Waals surface area contributed by atoms with Gasteiger partial charge in [0.1, 0.15) is 5.82 Å². The molecule has 164 valence electrons. The molecule has 0 amide bonds. The lowest BCUT2D eigenvalue weighted by Gasteiger charge is -2.37. The molecule has 2 aromatic heterocycles. The van der Waals surface area contributed by atoms with Gasteiger partial charge >= 0.3 is 0 Å². The Morgan fingerprint density at radius 2 is 1.59 bits per heavy atom. The Bertz CT molecular complexity index is 1210. The summed E-state index contributed by atoms with van der Waals surface area (Å²) in [4.78, 5) is 17.1. The largest absolute Gasteiger partial charge is 0.353 e. The van der Waals surface area contributed by atoms with E-state index in [2.05, 4.69) is 25.0 Å². The lowest BCUT2D eigenvalue weighted by atomic mass is 10.2. The molecule has 1 unspecified atom stereocenters. The summed E-state index contributed by atoms with van der Waals surface area (Å²) in [5, 5.41) is 4.89. The second-order valence-corrected chi connectivity index (χ2v) is 7.74. The third-order valence-electron chi connectivity index (χ3n) is 5.79. The predicted octanol–water partition coefficient (Wildman–Crippen LogP) is 4.50. The number of hydrogen-bond acceptors (Lipinski definition) is 7. The fraction of sp³-hybridized carbons (Fsp3) is 0.304. The van der Waals surface area contributed by atoms with Crippen molar-refractivity contribution in [2.75, 3.05) is 31.1 Å². The highest BCUT2D eigenvalue weighted by atomic mass is 19.3. The van der Waals surface area contributed by atoms with Crippen LogP contribution in [0.15, 0.2) is 59.1 Å². The molecule has 1 atom stereocenters. The average Bonchev–Trinajstić information content (AvgIpc) is 3.34. The quantitative estimate of drug-likeness (QED) is 0.456. The molecule has 1 aliphatic heterocycles. The topological polar surface area (TPSA) is 71.2 Å². The highest BCUT2D eigenvalue weighted by Crippen LogP contribution is 2.29. The van der Waals surface area contributed by atoms with Crippen molar-refractivity contribution in [2.24, 2.45) is 0 Å². The number of alkyl halides is 2. The second kappa shape index (κ2) is 8.58. The number of fused-ring (bicyclic) bond motifs is 1. The van der Waals surface area contributed by atoms with Gasteiger partial charge in [0.25, 0.3) is 6.43 Å². The molecular weight excluding hydrogens is 414 g/mol. The minimum absolute atomic E-state index is 0.0547. The molecule has 0 saturated carbocycles. The van der Waals surface area contributed by atoms with Crippen LogP contribution in [-0.4, -0.2) is 51.2 Å². The van der Waals surface area contributed by atoms with Crippen LogP contribution in [0.5, 0.6) is 0 Å². The van der Waals surface area contributed by atoms with Crippen LogP contribution in [0.1, 0.15) is 31.1 Å². The van der Waals surface area contributed by atoms with Crippen LogP contribution in [-0.2, 0) is 0 Å². The maximum absolute atomic E-state index is 13.3. The van der Waals surface area contributed by atoms with Crippen LogP contribution < -0.4 is 4.90 Å². The van der Waals surface area contributed by atoms with Crippen LogP contribution in [0.2, 0.25) is 0 Å². The number of rotatable bonds is 5. The summed E-state index contributed by atoms with van der Waals surface area (Å²) < 4.78 is 32.2. The number of piperazine rings is 1. The van der Waals surface area contributed by atoms with Crippen molar-refractivity contribution in [3.05, 3.63) is 66.3 Å². The summed E-state index contributed by atoms with van der Waals surface area (Å²) in [7, 11) is 0. The number of aromatic nitrogens is 4. The number of anilines is 1. The Labute approximate surface area is 183 Å². The van der Waals surface area contributed by atoms with Gasteiger partial charge in [0.05, 0.1) is 11.6 Å². The highest BCUT2D eigenvalue weighted by molar-refractivity contribution is 5.89. The van der Waals surface area contributed by atoms with Crippen LogP contribution in [0.25, 0.3) is 22.3 Å². The summed E-state index contributed by atoms with van der Waals surface area (Å²) in [6.07, 6.45) is -2.71. The zero-order valence-electron chi connectivity index (χ0n) is 17.5. The van der Waals surface area contributed by atoms with E-state index < -0.39 is 12.2 Å². The maximum Gasteiger partial charge on any atom is 0.297 e. The van der Waals surface area contributed by atoms with Gasteiger partial charge in [-0.05, 0) is 19.1 Å². The van der Waals surface area contributed by atoms with E-state index in [0.717, 1.165) is 10.9 Å². The Morgan fingerprint density at radius 1 is 0.875 bits per heavy atom. The molecule has 0 radical (unpaired) electrons. The minimum atomic E-state index is -2.71. The molecule has 32 heavy (non-hydrogen) atoms.